The van der Waals surface area contributed by atoms with Crippen molar-refractivity contribution in [2.24, 2.45) is 0 Å². The van der Waals surface area contributed by atoms with Crippen molar-refractivity contribution in [2.75, 3.05) is 11.9 Å². The maximum atomic E-state index is 11.8. The molecule has 4 heteroatoms. The van der Waals surface area contributed by atoms with Crippen molar-refractivity contribution in [1.29, 1.82) is 0 Å². The predicted molar refractivity (Wildman–Crippen MR) is 84.8 cm³/mol. The van der Waals surface area contributed by atoms with E-state index in [2.05, 4.69) is 40.1 Å². The summed E-state index contributed by atoms with van der Waals surface area (Å²) in [4.78, 5) is 11.8. The fourth-order valence-corrected chi connectivity index (χ4v) is 2.18. The van der Waals surface area contributed by atoms with Crippen molar-refractivity contribution < 1.29 is 4.79 Å². The molecular formula is C14H21IN2O. The number of unbranched alkanes of at least 4 members (excludes halogenated alkanes) is 2. The van der Waals surface area contributed by atoms with E-state index in [0.717, 1.165) is 22.2 Å². The monoisotopic (exact) mass is 360 g/mol. The second kappa shape index (κ2) is 8.34. The van der Waals surface area contributed by atoms with Gasteiger partial charge in [0, 0.05) is 15.8 Å². The van der Waals surface area contributed by atoms with Crippen molar-refractivity contribution in [3.05, 3.63) is 27.8 Å². The molecule has 0 aliphatic rings. The van der Waals surface area contributed by atoms with Crippen molar-refractivity contribution in [3.63, 3.8) is 0 Å². The van der Waals surface area contributed by atoms with Crippen LogP contribution >= 0.6 is 22.6 Å². The Bertz CT molecular complexity index is 382. The number of benzene rings is 1. The molecule has 100 valence electrons. The van der Waals surface area contributed by atoms with Gasteiger partial charge in [-0.25, -0.2) is 0 Å². The lowest BCUT2D eigenvalue weighted by Gasteiger charge is -2.15. The predicted octanol–water partition coefficient (Wildman–Crippen LogP) is 3.40. The molecule has 1 aromatic rings. The van der Waals surface area contributed by atoms with E-state index >= 15 is 0 Å². The number of nitrogens with one attached hydrogen (secondary N) is 2. The van der Waals surface area contributed by atoms with E-state index in [0.29, 0.717) is 0 Å². The van der Waals surface area contributed by atoms with Crippen LogP contribution in [0.5, 0.6) is 0 Å². The highest BCUT2D eigenvalue weighted by Gasteiger charge is 2.11. The maximum absolute atomic E-state index is 11.8. The van der Waals surface area contributed by atoms with Crippen molar-refractivity contribution >= 4 is 34.2 Å². The topological polar surface area (TPSA) is 41.1 Å². The molecule has 0 heterocycles. The number of anilines is 1. The molecule has 0 spiro atoms. The van der Waals surface area contributed by atoms with Gasteiger partial charge in [-0.15, -0.1) is 0 Å². The molecule has 18 heavy (non-hydrogen) atoms. The zero-order valence-electron chi connectivity index (χ0n) is 11.0. The van der Waals surface area contributed by atoms with Crippen LogP contribution in [0.3, 0.4) is 0 Å². The molecule has 0 fully saturated rings. The zero-order chi connectivity index (χ0) is 13.4. The summed E-state index contributed by atoms with van der Waals surface area (Å²) >= 11 is 2.26. The largest absolute Gasteiger partial charge is 0.374 e. The first-order chi connectivity index (χ1) is 8.63. The number of halogens is 1. The maximum Gasteiger partial charge on any atom is 0.242 e. The third-order valence-corrected chi connectivity index (χ3v) is 3.35. The molecule has 1 aromatic carbocycles. The molecule has 0 aromatic heterocycles. The number of hydrogen-bond acceptors (Lipinski definition) is 2. The summed E-state index contributed by atoms with van der Waals surface area (Å²) < 4.78 is 1.16. The molecule has 0 aliphatic heterocycles. The SMILES string of the molecule is CCCCCNC(=O)C(C)Nc1cccc(I)c1. The fraction of sp³-hybridized carbons (Fsp3) is 0.500. The Balaban J connectivity index is 2.35. The average Bonchev–Trinajstić information content (AvgIpc) is 2.34. The van der Waals surface area contributed by atoms with Gasteiger partial charge in [0.2, 0.25) is 5.91 Å². The summed E-state index contributed by atoms with van der Waals surface area (Å²) in [7, 11) is 0. The lowest BCUT2D eigenvalue weighted by Crippen LogP contribution is -2.38. The Morgan fingerprint density at radius 1 is 1.39 bits per heavy atom. The first kappa shape index (κ1) is 15.3. The molecule has 2 N–H and O–H groups in total. The van der Waals surface area contributed by atoms with E-state index in [-0.39, 0.29) is 11.9 Å². The van der Waals surface area contributed by atoms with Gasteiger partial charge in [-0.2, -0.15) is 0 Å². The Kier molecular flexibility index (Phi) is 7.08. The van der Waals surface area contributed by atoms with Crippen LogP contribution < -0.4 is 10.6 Å². The summed E-state index contributed by atoms with van der Waals surface area (Å²) in [6.07, 6.45) is 3.39. The Morgan fingerprint density at radius 3 is 2.83 bits per heavy atom. The number of carbonyl (C=O) groups excluding carboxylic acids is 1. The highest BCUT2D eigenvalue weighted by atomic mass is 127. The van der Waals surface area contributed by atoms with Gasteiger partial charge in [0.1, 0.15) is 6.04 Å². The van der Waals surface area contributed by atoms with E-state index in [1.54, 1.807) is 0 Å². The minimum absolute atomic E-state index is 0.0602. The number of amides is 1. The Labute approximate surface area is 123 Å². The standard InChI is InChI=1S/C14H21IN2O/c1-3-4-5-9-16-14(18)11(2)17-13-8-6-7-12(15)10-13/h6-8,10-11,17H,3-5,9H2,1-2H3,(H,16,18). The summed E-state index contributed by atoms with van der Waals surface area (Å²) in [5, 5.41) is 6.16. The molecule has 0 bridgehead atoms. The lowest BCUT2D eigenvalue weighted by molar-refractivity contribution is -0.121. The van der Waals surface area contributed by atoms with Gasteiger partial charge in [0.05, 0.1) is 0 Å². The van der Waals surface area contributed by atoms with E-state index < -0.39 is 0 Å². The third kappa shape index (κ3) is 5.71. The summed E-state index contributed by atoms with van der Waals surface area (Å²) in [5.41, 5.74) is 0.984. The first-order valence-electron chi connectivity index (χ1n) is 6.43. The summed E-state index contributed by atoms with van der Waals surface area (Å²) in [6, 6.07) is 7.81. The molecule has 3 nitrogen and oxygen atoms in total. The minimum Gasteiger partial charge on any atom is -0.374 e. The van der Waals surface area contributed by atoms with Crippen molar-refractivity contribution in [3.8, 4) is 0 Å². The molecule has 0 aliphatic carbocycles. The van der Waals surface area contributed by atoms with Crippen LogP contribution in [0.2, 0.25) is 0 Å². The summed E-state index contributed by atoms with van der Waals surface area (Å²) in [5.74, 6) is 0.0602. The summed E-state index contributed by atoms with van der Waals surface area (Å²) in [6.45, 7) is 4.81. The van der Waals surface area contributed by atoms with E-state index in [9.17, 15) is 4.79 Å². The fourth-order valence-electron chi connectivity index (χ4n) is 1.63. The van der Waals surface area contributed by atoms with Crippen LogP contribution in [0.4, 0.5) is 5.69 Å². The van der Waals surface area contributed by atoms with Gasteiger partial charge in [0.25, 0.3) is 0 Å². The Hall–Kier alpha value is -0.780. The van der Waals surface area contributed by atoms with Crippen molar-refractivity contribution in [1.82, 2.24) is 5.32 Å². The highest BCUT2D eigenvalue weighted by molar-refractivity contribution is 14.1. The molecule has 0 saturated heterocycles. The van der Waals surface area contributed by atoms with Gasteiger partial charge in [-0.1, -0.05) is 25.8 Å². The molecule has 1 atom stereocenters. The normalized spacial score (nSPS) is 11.9. The van der Waals surface area contributed by atoms with E-state index in [4.69, 9.17) is 0 Å². The number of carbonyl (C=O) groups is 1. The van der Waals surface area contributed by atoms with Crippen LogP contribution in [0.1, 0.15) is 33.1 Å². The Morgan fingerprint density at radius 2 is 2.17 bits per heavy atom. The quantitative estimate of drug-likeness (QED) is 0.578. The van der Waals surface area contributed by atoms with Gasteiger partial charge in [-0.05, 0) is 54.1 Å². The molecule has 1 unspecified atom stereocenters. The van der Waals surface area contributed by atoms with Crippen LogP contribution in [-0.2, 0) is 4.79 Å². The highest BCUT2D eigenvalue weighted by Crippen LogP contribution is 2.13. The molecule has 1 amide bonds. The molecule has 1 rings (SSSR count). The second-order valence-corrected chi connectivity index (χ2v) is 5.62. The molecular weight excluding hydrogens is 339 g/mol. The lowest BCUT2D eigenvalue weighted by atomic mass is 10.2. The smallest absolute Gasteiger partial charge is 0.242 e. The minimum atomic E-state index is -0.204. The third-order valence-electron chi connectivity index (χ3n) is 2.68. The molecule has 0 saturated carbocycles. The average molecular weight is 360 g/mol. The van der Waals surface area contributed by atoms with Crippen molar-refractivity contribution in [2.45, 2.75) is 39.2 Å². The van der Waals surface area contributed by atoms with Gasteiger partial charge < -0.3 is 10.6 Å². The van der Waals surface area contributed by atoms with Gasteiger partial charge in [0.15, 0.2) is 0 Å². The van der Waals surface area contributed by atoms with Crippen LogP contribution in [0.15, 0.2) is 24.3 Å². The van der Waals surface area contributed by atoms with E-state index in [1.807, 2.05) is 31.2 Å². The van der Waals surface area contributed by atoms with Crippen LogP contribution in [-0.4, -0.2) is 18.5 Å². The first-order valence-corrected chi connectivity index (χ1v) is 7.51. The van der Waals surface area contributed by atoms with E-state index in [1.165, 1.54) is 12.8 Å². The molecule has 0 radical (unpaired) electrons. The zero-order valence-corrected chi connectivity index (χ0v) is 13.2. The number of hydrogen-bond donors (Lipinski definition) is 2. The van der Waals surface area contributed by atoms with Crippen LogP contribution in [0, 0.1) is 3.57 Å². The second-order valence-electron chi connectivity index (χ2n) is 4.37. The van der Waals surface area contributed by atoms with Crippen LogP contribution in [0.25, 0.3) is 0 Å². The van der Waals surface area contributed by atoms with Gasteiger partial charge >= 0.3 is 0 Å². The van der Waals surface area contributed by atoms with Gasteiger partial charge in [-0.3, -0.25) is 4.79 Å². The number of rotatable bonds is 7.